The lowest BCUT2D eigenvalue weighted by Gasteiger charge is -2.55. The van der Waals surface area contributed by atoms with Crippen molar-refractivity contribution >= 4 is 10.8 Å². The van der Waals surface area contributed by atoms with Gasteiger partial charge >= 0.3 is 0 Å². The molecule has 3 aliphatic heterocycles. The van der Waals surface area contributed by atoms with E-state index >= 15 is 0 Å². The zero-order chi connectivity index (χ0) is 24.8. The number of likely N-dealkylation sites (N-methyl/N-ethyl adjacent to an activating group) is 1. The van der Waals surface area contributed by atoms with Gasteiger partial charge in [0.2, 0.25) is 0 Å². The number of fused-ring (bicyclic) bond motifs is 2. The summed E-state index contributed by atoms with van der Waals surface area (Å²) in [6, 6.07) is 16.8. The van der Waals surface area contributed by atoms with Crippen LogP contribution in [0.2, 0.25) is 0 Å². The van der Waals surface area contributed by atoms with E-state index in [-0.39, 0.29) is 16.6 Å². The number of hydrogen-bond donors (Lipinski definition) is 0. The zero-order valence-corrected chi connectivity index (χ0v) is 22.7. The van der Waals surface area contributed by atoms with Crippen molar-refractivity contribution in [2.24, 2.45) is 11.3 Å². The molecule has 6 aliphatic rings. The quantitative estimate of drug-likeness (QED) is 0.462. The van der Waals surface area contributed by atoms with E-state index in [0.29, 0.717) is 17.9 Å². The third-order valence-electron chi connectivity index (χ3n) is 11.9. The lowest BCUT2D eigenvalue weighted by Crippen LogP contribution is -2.57. The summed E-state index contributed by atoms with van der Waals surface area (Å²) < 4.78 is 7.58. The Bertz CT molecular complexity index is 1300. The molecular weight excluding hydrogens is 452 g/mol. The summed E-state index contributed by atoms with van der Waals surface area (Å²) in [6.45, 7) is 7.47. The molecule has 3 heteroatoms. The molecule has 2 spiro atoms. The summed E-state index contributed by atoms with van der Waals surface area (Å²) in [5, 5.41) is 2.74. The van der Waals surface area contributed by atoms with Gasteiger partial charge in [-0.1, -0.05) is 61.5 Å². The summed E-state index contributed by atoms with van der Waals surface area (Å²) in [6.07, 6.45) is 15.3. The van der Waals surface area contributed by atoms with E-state index in [0.717, 1.165) is 0 Å². The normalized spacial score (nSPS) is 41.6. The van der Waals surface area contributed by atoms with Gasteiger partial charge in [-0.25, -0.2) is 0 Å². The maximum atomic E-state index is 7.58. The van der Waals surface area contributed by atoms with Crippen LogP contribution in [0, 0.1) is 11.3 Å². The molecule has 3 nitrogen and oxygen atoms in total. The Morgan fingerprint density at radius 2 is 1.76 bits per heavy atom. The van der Waals surface area contributed by atoms with Crippen LogP contribution in [0.25, 0.3) is 10.8 Å². The van der Waals surface area contributed by atoms with Crippen molar-refractivity contribution in [1.82, 2.24) is 9.80 Å². The van der Waals surface area contributed by atoms with Gasteiger partial charge in [-0.3, -0.25) is 4.90 Å². The number of piperazine rings is 1. The largest absolute Gasteiger partial charge is 0.359 e. The number of nitrogens with zero attached hydrogens (tertiary/aromatic N) is 2. The van der Waals surface area contributed by atoms with Gasteiger partial charge in [0.05, 0.1) is 11.2 Å². The Morgan fingerprint density at radius 3 is 2.62 bits per heavy atom. The number of rotatable bonds is 2. The first-order valence-electron chi connectivity index (χ1n) is 15.0. The van der Waals surface area contributed by atoms with Gasteiger partial charge < -0.3 is 9.64 Å². The molecule has 0 N–H and O–H groups in total. The monoisotopic (exact) mass is 494 g/mol. The fraction of sp³-hybridized carbons (Fsp3) is 0.588. The molecule has 2 bridgehead atoms. The second-order valence-corrected chi connectivity index (χ2v) is 13.5. The minimum Gasteiger partial charge on any atom is -0.359 e. The van der Waals surface area contributed by atoms with E-state index in [1.165, 1.54) is 88.3 Å². The number of hydrogen-bond acceptors (Lipinski definition) is 3. The molecule has 3 aliphatic carbocycles. The molecule has 6 atom stereocenters. The molecule has 2 aromatic rings. The van der Waals surface area contributed by atoms with E-state index in [1.54, 1.807) is 16.7 Å². The van der Waals surface area contributed by atoms with Gasteiger partial charge in [-0.15, -0.1) is 0 Å². The Balaban J connectivity index is 1.12. The average molecular weight is 495 g/mol. The Kier molecular flexibility index (Phi) is 4.99. The molecule has 8 rings (SSSR count). The molecule has 0 aromatic heterocycles. The lowest BCUT2D eigenvalue weighted by atomic mass is 9.58. The predicted octanol–water partition coefficient (Wildman–Crippen LogP) is 6.70. The fourth-order valence-corrected chi connectivity index (χ4v) is 9.85. The molecule has 2 aromatic carbocycles. The van der Waals surface area contributed by atoms with Crippen molar-refractivity contribution < 1.29 is 4.74 Å². The van der Waals surface area contributed by atoms with Gasteiger partial charge in [0.25, 0.3) is 0 Å². The summed E-state index contributed by atoms with van der Waals surface area (Å²) in [7, 11) is 2.27. The fourth-order valence-electron chi connectivity index (χ4n) is 9.85. The van der Waals surface area contributed by atoms with Crippen LogP contribution in [0.15, 0.2) is 65.8 Å². The molecular formula is C34H42N2O. The predicted molar refractivity (Wildman–Crippen MR) is 151 cm³/mol. The van der Waals surface area contributed by atoms with Crippen LogP contribution in [-0.2, 0) is 4.74 Å². The smallest absolute Gasteiger partial charge is 0.0974 e. The van der Waals surface area contributed by atoms with Crippen molar-refractivity contribution in [2.75, 3.05) is 33.2 Å². The van der Waals surface area contributed by atoms with E-state index in [4.69, 9.17) is 4.74 Å². The molecule has 0 amide bonds. The maximum absolute atomic E-state index is 7.58. The topological polar surface area (TPSA) is 15.7 Å². The highest BCUT2D eigenvalue weighted by Crippen LogP contribution is 2.69. The third-order valence-corrected chi connectivity index (χ3v) is 11.9. The molecule has 37 heavy (non-hydrogen) atoms. The van der Waals surface area contributed by atoms with E-state index in [9.17, 15) is 0 Å². The highest BCUT2D eigenvalue weighted by Gasteiger charge is 2.66. The maximum Gasteiger partial charge on any atom is 0.0974 e. The summed E-state index contributed by atoms with van der Waals surface area (Å²) >= 11 is 0. The van der Waals surface area contributed by atoms with Gasteiger partial charge in [-0.2, -0.15) is 0 Å². The minimum absolute atomic E-state index is 0.00287. The highest BCUT2D eigenvalue weighted by atomic mass is 16.5. The van der Waals surface area contributed by atoms with Gasteiger partial charge in [0.15, 0.2) is 0 Å². The van der Waals surface area contributed by atoms with E-state index < -0.39 is 0 Å². The highest BCUT2D eigenvalue weighted by molar-refractivity contribution is 5.83. The van der Waals surface area contributed by atoms with Crippen LogP contribution in [0.5, 0.6) is 0 Å². The van der Waals surface area contributed by atoms with Crippen molar-refractivity contribution in [1.29, 1.82) is 0 Å². The molecule has 2 saturated carbocycles. The van der Waals surface area contributed by atoms with Crippen molar-refractivity contribution in [3.63, 3.8) is 0 Å². The van der Waals surface area contributed by atoms with Crippen LogP contribution < -0.4 is 0 Å². The molecule has 0 radical (unpaired) electrons. The minimum atomic E-state index is -0.0495. The first kappa shape index (κ1) is 23.0. The molecule has 2 saturated heterocycles. The number of benzene rings is 2. The molecule has 2 unspecified atom stereocenters. The zero-order valence-electron chi connectivity index (χ0n) is 22.7. The molecule has 3 heterocycles. The Labute approximate surface area is 222 Å². The van der Waals surface area contributed by atoms with Crippen LogP contribution in [0.1, 0.15) is 69.8 Å². The van der Waals surface area contributed by atoms with Gasteiger partial charge in [0, 0.05) is 32.2 Å². The van der Waals surface area contributed by atoms with E-state index in [2.05, 4.69) is 78.4 Å². The summed E-state index contributed by atoms with van der Waals surface area (Å²) in [4.78, 5) is 5.28. The van der Waals surface area contributed by atoms with Crippen molar-refractivity contribution in [3.05, 3.63) is 71.3 Å². The van der Waals surface area contributed by atoms with Crippen molar-refractivity contribution in [3.8, 4) is 0 Å². The van der Waals surface area contributed by atoms with Crippen LogP contribution in [-0.4, -0.2) is 60.3 Å². The average Bonchev–Trinajstić information content (AvgIpc) is 3.43. The summed E-state index contributed by atoms with van der Waals surface area (Å²) in [5.74, 6) is 1.24. The van der Waals surface area contributed by atoms with E-state index in [1.807, 2.05) is 0 Å². The number of ether oxygens (including phenoxy) is 1. The Hall–Kier alpha value is -1.94. The van der Waals surface area contributed by atoms with Crippen LogP contribution in [0.3, 0.4) is 0 Å². The standard InChI is InChI=1S/C34H42N2O/c1-32-14-13-28-22-27-9-10-29(36-19-17-35(2)18-20-36)23-33(27)15-16-34(28,37-33)31(32)12-11-30(32)26-8-7-24-5-3-4-6-25(24)21-26/h3-8,13,21-22,29-31H,9-12,14-20,23H2,1-2H3/t29-,30?,31-,32-,33-,34?/m1/s1. The first-order chi connectivity index (χ1) is 18.0. The second-order valence-electron chi connectivity index (χ2n) is 13.5. The molecule has 194 valence electrons. The summed E-state index contributed by atoms with van der Waals surface area (Å²) in [5.41, 5.74) is 4.95. The molecule has 4 fully saturated rings. The second kappa shape index (κ2) is 8.04. The van der Waals surface area contributed by atoms with Gasteiger partial charge in [0.1, 0.15) is 0 Å². The first-order valence-corrected chi connectivity index (χ1v) is 15.0. The van der Waals surface area contributed by atoms with Crippen LogP contribution >= 0.6 is 0 Å². The third kappa shape index (κ3) is 3.23. The van der Waals surface area contributed by atoms with Gasteiger partial charge in [-0.05, 0) is 103 Å². The van der Waals surface area contributed by atoms with Crippen LogP contribution in [0.4, 0.5) is 0 Å². The SMILES string of the molecule is CN1CCN([C@@H]2CCC3=CC4=CC[C@]5(C)C(c6ccc7ccccc7c6)CC[C@H]5C45CC[C@]3(C2)O5)CC1. The Morgan fingerprint density at radius 1 is 0.919 bits per heavy atom. The number of allylic oxidation sites excluding steroid dienone is 1. The van der Waals surface area contributed by atoms with Crippen molar-refractivity contribution in [2.45, 2.75) is 81.5 Å². The lowest BCUT2D eigenvalue weighted by molar-refractivity contribution is -0.141.